The maximum absolute atomic E-state index is 12.9. The number of hydrogen-bond donors (Lipinski definition) is 0. The molecule has 0 saturated carbocycles. The molecule has 5 aromatic rings. The molecule has 4 aromatic carbocycles. The first kappa shape index (κ1) is 19.2. The van der Waals surface area contributed by atoms with Gasteiger partial charge in [-0.3, -0.25) is 4.79 Å². The molecule has 0 radical (unpaired) electrons. The van der Waals surface area contributed by atoms with Crippen molar-refractivity contribution in [2.45, 2.75) is 6.61 Å². The minimum atomic E-state index is -0.240. The molecule has 0 aliphatic carbocycles. The van der Waals surface area contributed by atoms with E-state index in [1.165, 1.54) is 6.26 Å². The van der Waals surface area contributed by atoms with Crippen LogP contribution in [-0.4, -0.2) is 0 Å². The van der Waals surface area contributed by atoms with Gasteiger partial charge >= 0.3 is 0 Å². The molecule has 0 bridgehead atoms. The van der Waals surface area contributed by atoms with Crippen LogP contribution in [0.15, 0.2) is 100 Å². The van der Waals surface area contributed by atoms with Crippen LogP contribution < -0.4 is 14.9 Å². The van der Waals surface area contributed by atoms with Crippen LogP contribution in [0.2, 0.25) is 5.02 Å². The maximum atomic E-state index is 12.9. The fraction of sp³-hybridized carbons (Fsp3) is 0.0385. The number of benzene rings is 4. The van der Waals surface area contributed by atoms with Crippen LogP contribution in [0, 0.1) is 0 Å². The summed E-state index contributed by atoms with van der Waals surface area (Å²) in [6.07, 6.45) is 1.33. The van der Waals surface area contributed by atoms with E-state index in [0.717, 1.165) is 16.3 Å². The molecule has 0 atom stereocenters. The van der Waals surface area contributed by atoms with Crippen LogP contribution >= 0.6 is 11.6 Å². The Bertz CT molecular complexity index is 1460. The maximum Gasteiger partial charge on any atom is 0.235 e. The van der Waals surface area contributed by atoms with E-state index < -0.39 is 0 Å². The Morgan fingerprint density at radius 2 is 1.65 bits per heavy atom. The van der Waals surface area contributed by atoms with Crippen LogP contribution in [-0.2, 0) is 6.61 Å². The van der Waals surface area contributed by atoms with Gasteiger partial charge in [0.1, 0.15) is 30.0 Å². The van der Waals surface area contributed by atoms with Gasteiger partial charge in [-0.1, -0.05) is 54.1 Å². The largest absolute Gasteiger partial charge is 0.489 e. The minimum absolute atomic E-state index is 0.135. The van der Waals surface area contributed by atoms with Crippen LogP contribution in [0.4, 0.5) is 0 Å². The summed E-state index contributed by atoms with van der Waals surface area (Å²) in [5.74, 6) is 1.31. The molecule has 0 aliphatic rings. The normalized spacial score (nSPS) is 11.0. The zero-order chi connectivity index (χ0) is 21.2. The van der Waals surface area contributed by atoms with Crippen LogP contribution in [0.3, 0.4) is 0 Å². The van der Waals surface area contributed by atoms with Crippen molar-refractivity contribution in [1.29, 1.82) is 0 Å². The van der Waals surface area contributed by atoms with Gasteiger partial charge in [-0.25, -0.2) is 0 Å². The van der Waals surface area contributed by atoms with E-state index in [9.17, 15) is 4.79 Å². The molecule has 0 fully saturated rings. The number of fused-ring (bicyclic) bond motifs is 2. The lowest BCUT2D eigenvalue weighted by Gasteiger charge is -2.09. The van der Waals surface area contributed by atoms with Gasteiger partial charge < -0.3 is 13.9 Å². The van der Waals surface area contributed by atoms with Gasteiger partial charge in [0, 0.05) is 11.1 Å². The van der Waals surface area contributed by atoms with Crippen molar-refractivity contribution >= 4 is 33.3 Å². The van der Waals surface area contributed by atoms with Gasteiger partial charge in [-0.2, -0.15) is 0 Å². The Labute approximate surface area is 183 Å². The second kappa shape index (κ2) is 8.17. The minimum Gasteiger partial charge on any atom is -0.489 e. The molecule has 0 unspecified atom stereocenters. The number of halogens is 1. The highest BCUT2D eigenvalue weighted by Gasteiger charge is 2.11. The highest BCUT2D eigenvalue weighted by atomic mass is 35.5. The lowest BCUT2D eigenvalue weighted by atomic mass is 10.1. The molecule has 4 nitrogen and oxygen atoms in total. The van der Waals surface area contributed by atoms with E-state index in [2.05, 4.69) is 0 Å². The van der Waals surface area contributed by atoms with Crippen molar-refractivity contribution in [3.05, 3.63) is 112 Å². The highest BCUT2D eigenvalue weighted by Crippen LogP contribution is 2.27. The van der Waals surface area contributed by atoms with Crippen LogP contribution in [0.1, 0.15) is 5.56 Å². The monoisotopic (exact) mass is 428 g/mol. The molecule has 1 aromatic heterocycles. The van der Waals surface area contributed by atoms with Crippen molar-refractivity contribution in [2.24, 2.45) is 0 Å². The van der Waals surface area contributed by atoms with E-state index >= 15 is 0 Å². The standard InChI is InChI=1S/C26H17ClO4/c27-20-7-3-4-17(12-20)15-29-21-10-11-23-24(14-21)30-16-25(26(23)28)31-22-9-8-18-5-1-2-6-19(18)13-22/h1-14,16H,15H2. The lowest BCUT2D eigenvalue weighted by Crippen LogP contribution is -2.05. The molecule has 0 amide bonds. The van der Waals surface area contributed by atoms with Crippen LogP contribution in [0.25, 0.3) is 21.7 Å². The summed E-state index contributed by atoms with van der Waals surface area (Å²) in [5, 5.41) is 3.22. The average molecular weight is 429 g/mol. The molecule has 0 spiro atoms. The summed E-state index contributed by atoms with van der Waals surface area (Å²) in [7, 11) is 0. The third kappa shape index (κ3) is 4.11. The first-order valence-electron chi connectivity index (χ1n) is 9.75. The van der Waals surface area contributed by atoms with E-state index in [1.807, 2.05) is 66.7 Å². The molecule has 152 valence electrons. The van der Waals surface area contributed by atoms with E-state index in [-0.39, 0.29) is 11.2 Å². The predicted molar refractivity (Wildman–Crippen MR) is 122 cm³/mol. The van der Waals surface area contributed by atoms with Crippen molar-refractivity contribution in [3.8, 4) is 17.2 Å². The molecule has 5 rings (SSSR count). The second-order valence-electron chi connectivity index (χ2n) is 7.12. The number of rotatable bonds is 5. The third-order valence-electron chi connectivity index (χ3n) is 4.96. The zero-order valence-corrected chi connectivity index (χ0v) is 17.1. The smallest absolute Gasteiger partial charge is 0.235 e. The third-order valence-corrected chi connectivity index (χ3v) is 5.19. The lowest BCUT2D eigenvalue weighted by molar-refractivity contribution is 0.306. The van der Waals surface area contributed by atoms with E-state index in [0.29, 0.717) is 34.1 Å². The first-order chi connectivity index (χ1) is 15.2. The Balaban J connectivity index is 1.39. The first-order valence-corrected chi connectivity index (χ1v) is 10.1. The summed E-state index contributed by atoms with van der Waals surface area (Å²) < 4.78 is 17.3. The summed E-state index contributed by atoms with van der Waals surface area (Å²) in [6.45, 7) is 0.361. The molecule has 0 saturated heterocycles. The highest BCUT2D eigenvalue weighted by molar-refractivity contribution is 6.30. The summed E-state index contributed by atoms with van der Waals surface area (Å²) in [5.41, 5.74) is 1.14. The Morgan fingerprint density at radius 1 is 0.806 bits per heavy atom. The number of hydrogen-bond acceptors (Lipinski definition) is 4. The van der Waals surface area contributed by atoms with Gasteiger partial charge in [-0.05, 0) is 52.7 Å². The molecule has 1 heterocycles. The van der Waals surface area contributed by atoms with Crippen molar-refractivity contribution < 1.29 is 13.9 Å². The average Bonchev–Trinajstić information content (AvgIpc) is 2.79. The fourth-order valence-corrected chi connectivity index (χ4v) is 3.62. The Morgan fingerprint density at radius 3 is 2.52 bits per heavy atom. The summed E-state index contributed by atoms with van der Waals surface area (Å²) >= 11 is 6.01. The van der Waals surface area contributed by atoms with Crippen molar-refractivity contribution in [1.82, 2.24) is 0 Å². The molecule has 0 aliphatic heterocycles. The van der Waals surface area contributed by atoms with E-state index in [4.69, 9.17) is 25.5 Å². The van der Waals surface area contributed by atoms with Crippen molar-refractivity contribution in [3.63, 3.8) is 0 Å². The van der Waals surface area contributed by atoms with Gasteiger partial charge in [0.15, 0.2) is 0 Å². The topological polar surface area (TPSA) is 48.7 Å². The molecular formula is C26H17ClO4. The van der Waals surface area contributed by atoms with Gasteiger partial charge in [-0.15, -0.1) is 0 Å². The molecule has 31 heavy (non-hydrogen) atoms. The van der Waals surface area contributed by atoms with E-state index in [1.54, 1.807) is 18.2 Å². The SMILES string of the molecule is O=c1c(Oc2ccc3ccccc3c2)coc2cc(OCc3cccc(Cl)c3)ccc12. The molecule has 0 N–H and O–H groups in total. The zero-order valence-electron chi connectivity index (χ0n) is 16.4. The molecular weight excluding hydrogens is 412 g/mol. The Kier molecular flexibility index (Phi) is 5.06. The summed E-state index contributed by atoms with van der Waals surface area (Å²) in [6, 6.07) is 26.2. The van der Waals surface area contributed by atoms with Gasteiger partial charge in [0.05, 0.1) is 5.39 Å². The second-order valence-corrected chi connectivity index (χ2v) is 7.55. The number of ether oxygens (including phenoxy) is 2. The Hall–Kier alpha value is -3.76. The van der Waals surface area contributed by atoms with Crippen molar-refractivity contribution in [2.75, 3.05) is 0 Å². The summed E-state index contributed by atoms with van der Waals surface area (Å²) in [4.78, 5) is 12.9. The quantitative estimate of drug-likeness (QED) is 0.303. The van der Waals surface area contributed by atoms with Crippen LogP contribution in [0.5, 0.6) is 17.2 Å². The molecule has 5 heteroatoms. The predicted octanol–water partition coefficient (Wildman–Crippen LogP) is 6.97. The fourth-order valence-electron chi connectivity index (χ4n) is 3.40. The van der Waals surface area contributed by atoms with Gasteiger partial charge in [0.25, 0.3) is 0 Å². The van der Waals surface area contributed by atoms with Gasteiger partial charge in [0.2, 0.25) is 11.2 Å².